The topological polar surface area (TPSA) is 73.5 Å². The molecule has 1 unspecified atom stereocenters. The molecule has 0 saturated carbocycles. The van der Waals surface area contributed by atoms with Gasteiger partial charge in [0.2, 0.25) is 11.8 Å². The third-order valence-corrected chi connectivity index (χ3v) is 5.04. The lowest BCUT2D eigenvalue weighted by Gasteiger charge is -2.27. The number of nitrogens with one attached hydrogen (secondary N) is 3. The molecule has 1 aromatic carbocycles. The standard InChI is InChI=1S/C17H25FN4O2S/c1-13(17(24)20-8-11-22-9-6-19-7-10-22)25-12-16(23)21-15-4-2-14(18)3-5-15/h2-5,13,19H,6-12H2,1H3,(H,20,24)(H,21,23). The van der Waals surface area contributed by atoms with Gasteiger partial charge in [0, 0.05) is 45.0 Å². The van der Waals surface area contributed by atoms with Crippen LogP contribution in [0.15, 0.2) is 24.3 Å². The zero-order valence-corrected chi connectivity index (χ0v) is 15.2. The molecule has 1 aliphatic rings. The molecular formula is C17H25FN4O2S. The summed E-state index contributed by atoms with van der Waals surface area (Å²) in [7, 11) is 0. The van der Waals surface area contributed by atoms with Gasteiger partial charge in [0.05, 0.1) is 11.0 Å². The van der Waals surface area contributed by atoms with Crippen molar-refractivity contribution in [3.05, 3.63) is 30.1 Å². The van der Waals surface area contributed by atoms with Crippen molar-refractivity contribution in [3.8, 4) is 0 Å². The maximum atomic E-state index is 12.8. The lowest BCUT2D eigenvalue weighted by atomic mass is 10.3. The Hall–Kier alpha value is -1.64. The van der Waals surface area contributed by atoms with Crippen LogP contribution in [-0.4, -0.2) is 67.0 Å². The van der Waals surface area contributed by atoms with Gasteiger partial charge in [-0.25, -0.2) is 4.39 Å². The van der Waals surface area contributed by atoms with Gasteiger partial charge < -0.3 is 16.0 Å². The van der Waals surface area contributed by atoms with Gasteiger partial charge in [0.1, 0.15) is 5.82 Å². The fraction of sp³-hybridized carbons (Fsp3) is 0.529. The van der Waals surface area contributed by atoms with Crippen molar-refractivity contribution < 1.29 is 14.0 Å². The SMILES string of the molecule is CC(SCC(=O)Nc1ccc(F)cc1)C(=O)NCCN1CCNCC1. The van der Waals surface area contributed by atoms with E-state index in [0.29, 0.717) is 12.2 Å². The smallest absolute Gasteiger partial charge is 0.234 e. The van der Waals surface area contributed by atoms with Gasteiger partial charge in [-0.1, -0.05) is 0 Å². The Bertz CT molecular complexity index is 564. The maximum absolute atomic E-state index is 12.8. The molecule has 6 nitrogen and oxygen atoms in total. The summed E-state index contributed by atoms with van der Waals surface area (Å²) in [5, 5.41) is 8.58. The molecule has 0 radical (unpaired) electrons. The van der Waals surface area contributed by atoms with Gasteiger partial charge >= 0.3 is 0 Å². The minimum atomic E-state index is -0.349. The predicted octanol–water partition coefficient (Wildman–Crippen LogP) is 0.907. The van der Waals surface area contributed by atoms with Crippen LogP contribution in [0.25, 0.3) is 0 Å². The molecule has 1 heterocycles. The summed E-state index contributed by atoms with van der Waals surface area (Å²) < 4.78 is 12.8. The summed E-state index contributed by atoms with van der Waals surface area (Å²) in [6.07, 6.45) is 0. The summed E-state index contributed by atoms with van der Waals surface area (Å²) in [4.78, 5) is 26.2. The number of carbonyl (C=O) groups excluding carboxylic acids is 2. The minimum absolute atomic E-state index is 0.0604. The first-order valence-electron chi connectivity index (χ1n) is 8.42. The quantitative estimate of drug-likeness (QED) is 0.636. The van der Waals surface area contributed by atoms with Crippen molar-refractivity contribution in [3.63, 3.8) is 0 Å². The van der Waals surface area contributed by atoms with E-state index in [1.165, 1.54) is 36.0 Å². The van der Waals surface area contributed by atoms with Crippen molar-refractivity contribution in [2.24, 2.45) is 0 Å². The number of nitrogens with zero attached hydrogens (tertiary/aromatic N) is 1. The molecule has 0 bridgehead atoms. The number of halogens is 1. The molecule has 0 spiro atoms. The van der Waals surface area contributed by atoms with Gasteiger partial charge in [-0.2, -0.15) is 0 Å². The second-order valence-electron chi connectivity index (χ2n) is 5.89. The number of piperazine rings is 1. The Labute approximate surface area is 151 Å². The molecule has 8 heteroatoms. The van der Waals surface area contributed by atoms with E-state index in [-0.39, 0.29) is 28.6 Å². The molecule has 2 amide bonds. The molecule has 1 fully saturated rings. The molecule has 1 atom stereocenters. The number of hydrogen-bond acceptors (Lipinski definition) is 5. The zero-order valence-electron chi connectivity index (χ0n) is 14.4. The van der Waals surface area contributed by atoms with E-state index >= 15 is 0 Å². The second-order valence-corrected chi connectivity index (χ2v) is 7.22. The minimum Gasteiger partial charge on any atom is -0.354 e. The Balaban J connectivity index is 1.61. The van der Waals surface area contributed by atoms with Crippen molar-refractivity contribution in [2.75, 3.05) is 50.3 Å². The number of hydrogen-bond donors (Lipinski definition) is 3. The molecular weight excluding hydrogens is 343 g/mol. The Morgan fingerprint density at radius 2 is 1.96 bits per heavy atom. The monoisotopic (exact) mass is 368 g/mol. The van der Waals surface area contributed by atoms with E-state index in [4.69, 9.17) is 0 Å². The number of rotatable bonds is 8. The molecule has 0 aromatic heterocycles. The van der Waals surface area contributed by atoms with Crippen LogP contribution < -0.4 is 16.0 Å². The second kappa shape index (κ2) is 10.4. The highest BCUT2D eigenvalue weighted by Gasteiger charge is 2.16. The Morgan fingerprint density at radius 1 is 1.28 bits per heavy atom. The fourth-order valence-corrected chi connectivity index (χ4v) is 3.13. The number of carbonyl (C=O) groups is 2. The average molecular weight is 368 g/mol. The molecule has 1 aliphatic heterocycles. The summed E-state index contributed by atoms with van der Waals surface area (Å²) in [5.74, 6) is -0.450. The van der Waals surface area contributed by atoms with Crippen LogP contribution in [0.2, 0.25) is 0 Å². The molecule has 0 aliphatic carbocycles. The third kappa shape index (κ3) is 7.41. The van der Waals surface area contributed by atoms with Gasteiger partial charge in [0.15, 0.2) is 0 Å². The van der Waals surface area contributed by atoms with Crippen LogP contribution in [0.3, 0.4) is 0 Å². The van der Waals surface area contributed by atoms with Gasteiger partial charge in [0.25, 0.3) is 0 Å². The van der Waals surface area contributed by atoms with Crippen molar-refractivity contribution in [1.29, 1.82) is 0 Å². The summed E-state index contributed by atoms with van der Waals surface area (Å²) in [5.41, 5.74) is 0.542. The van der Waals surface area contributed by atoms with E-state index in [1.807, 2.05) is 0 Å². The van der Waals surface area contributed by atoms with Crippen LogP contribution >= 0.6 is 11.8 Å². The summed E-state index contributed by atoms with van der Waals surface area (Å²) in [6, 6.07) is 5.59. The van der Waals surface area contributed by atoms with Crippen LogP contribution in [0.4, 0.5) is 10.1 Å². The van der Waals surface area contributed by atoms with E-state index in [1.54, 1.807) is 6.92 Å². The number of amides is 2. The highest BCUT2D eigenvalue weighted by Crippen LogP contribution is 2.13. The van der Waals surface area contributed by atoms with Gasteiger partial charge in [-0.05, 0) is 31.2 Å². The Morgan fingerprint density at radius 3 is 2.64 bits per heavy atom. The van der Waals surface area contributed by atoms with E-state index in [0.717, 1.165) is 32.7 Å². The van der Waals surface area contributed by atoms with Crippen LogP contribution in [0.1, 0.15) is 6.92 Å². The first-order chi connectivity index (χ1) is 12.0. The molecule has 2 rings (SSSR count). The number of benzene rings is 1. The highest BCUT2D eigenvalue weighted by molar-refractivity contribution is 8.01. The van der Waals surface area contributed by atoms with Crippen LogP contribution in [0.5, 0.6) is 0 Å². The number of thioether (sulfide) groups is 1. The lowest BCUT2D eigenvalue weighted by molar-refractivity contribution is -0.120. The van der Waals surface area contributed by atoms with Gasteiger partial charge in [-0.3, -0.25) is 14.5 Å². The largest absolute Gasteiger partial charge is 0.354 e. The summed E-state index contributed by atoms with van der Waals surface area (Å²) in [6.45, 7) is 7.23. The molecule has 1 aromatic rings. The molecule has 138 valence electrons. The van der Waals surface area contributed by atoms with E-state index < -0.39 is 0 Å². The van der Waals surface area contributed by atoms with Crippen LogP contribution in [-0.2, 0) is 9.59 Å². The third-order valence-electron chi connectivity index (χ3n) is 3.90. The number of anilines is 1. The van der Waals surface area contributed by atoms with E-state index in [9.17, 15) is 14.0 Å². The lowest BCUT2D eigenvalue weighted by Crippen LogP contribution is -2.46. The fourth-order valence-electron chi connectivity index (χ4n) is 2.42. The first-order valence-corrected chi connectivity index (χ1v) is 9.47. The zero-order chi connectivity index (χ0) is 18.1. The van der Waals surface area contributed by atoms with E-state index in [2.05, 4.69) is 20.9 Å². The Kier molecular flexibility index (Phi) is 8.17. The van der Waals surface area contributed by atoms with Crippen LogP contribution in [0, 0.1) is 5.82 Å². The molecule has 25 heavy (non-hydrogen) atoms. The predicted molar refractivity (Wildman–Crippen MR) is 99.3 cm³/mol. The molecule has 1 saturated heterocycles. The normalized spacial score (nSPS) is 16.2. The molecule has 3 N–H and O–H groups in total. The maximum Gasteiger partial charge on any atom is 0.234 e. The van der Waals surface area contributed by atoms with Gasteiger partial charge in [-0.15, -0.1) is 11.8 Å². The average Bonchev–Trinajstić information content (AvgIpc) is 2.62. The summed E-state index contributed by atoms with van der Waals surface area (Å²) >= 11 is 1.28. The van der Waals surface area contributed by atoms with Crippen molar-refractivity contribution in [1.82, 2.24) is 15.5 Å². The first kappa shape index (κ1) is 19.7. The highest BCUT2D eigenvalue weighted by atomic mass is 32.2. The van der Waals surface area contributed by atoms with Crippen molar-refractivity contribution in [2.45, 2.75) is 12.2 Å². The van der Waals surface area contributed by atoms with Crippen molar-refractivity contribution >= 4 is 29.3 Å².